The normalized spacial score (nSPS) is 13.4. The largest absolute Gasteiger partial charge is 0.312 e. The molecule has 5 heteroatoms. The molecule has 0 spiro atoms. The number of hydrogen-bond donors (Lipinski definition) is 1. The van der Waals surface area contributed by atoms with Crippen LogP contribution in [0.3, 0.4) is 0 Å². The highest BCUT2D eigenvalue weighted by Crippen LogP contribution is 2.32. The van der Waals surface area contributed by atoms with Crippen LogP contribution in [0.1, 0.15) is 42.9 Å². The van der Waals surface area contributed by atoms with Gasteiger partial charge in [0, 0.05) is 15.9 Å². The van der Waals surface area contributed by atoms with Gasteiger partial charge in [0.25, 0.3) is 0 Å². The standard InChI is InChI=1S/C15H20BrN3S/c1-15(2,3)14-13(20-19-18-14)12(17-4)9-10-6-5-7-11(16)8-10/h5-8,12,17H,9H2,1-4H3. The molecule has 3 nitrogen and oxygen atoms in total. The molecule has 2 rings (SSSR count). The van der Waals surface area contributed by atoms with Crippen LogP contribution in [0.15, 0.2) is 28.7 Å². The van der Waals surface area contributed by atoms with Crippen LogP contribution in [0.5, 0.6) is 0 Å². The summed E-state index contributed by atoms with van der Waals surface area (Å²) in [6, 6.07) is 8.68. The average Bonchev–Trinajstić information content (AvgIpc) is 2.85. The van der Waals surface area contributed by atoms with Gasteiger partial charge < -0.3 is 5.32 Å². The van der Waals surface area contributed by atoms with Crippen LogP contribution in [-0.2, 0) is 11.8 Å². The van der Waals surface area contributed by atoms with Gasteiger partial charge in [-0.2, -0.15) is 0 Å². The Labute approximate surface area is 133 Å². The molecule has 0 aliphatic carbocycles. The van der Waals surface area contributed by atoms with E-state index < -0.39 is 0 Å². The molecule has 0 saturated carbocycles. The van der Waals surface area contributed by atoms with E-state index in [0.29, 0.717) is 0 Å². The third-order valence-corrected chi connectivity index (χ3v) is 4.55. The number of nitrogens with zero attached hydrogens (tertiary/aromatic N) is 2. The quantitative estimate of drug-likeness (QED) is 0.898. The van der Waals surface area contributed by atoms with Gasteiger partial charge in [0.05, 0.1) is 10.6 Å². The number of halogens is 1. The second kappa shape index (κ2) is 6.33. The van der Waals surface area contributed by atoms with Gasteiger partial charge in [-0.15, -0.1) is 5.10 Å². The van der Waals surface area contributed by atoms with Crippen LogP contribution in [-0.4, -0.2) is 16.6 Å². The van der Waals surface area contributed by atoms with E-state index in [1.54, 1.807) is 0 Å². The molecule has 0 fully saturated rings. The Morgan fingerprint density at radius 1 is 1.35 bits per heavy atom. The first-order valence-corrected chi connectivity index (χ1v) is 8.23. The van der Waals surface area contributed by atoms with Crippen LogP contribution in [0.4, 0.5) is 0 Å². The van der Waals surface area contributed by atoms with Crippen molar-refractivity contribution in [3.63, 3.8) is 0 Å². The van der Waals surface area contributed by atoms with Crippen molar-refractivity contribution in [2.75, 3.05) is 7.05 Å². The lowest BCUT2D eigenvalue weighted by Gasteiger charge is -2.21. The molecular weight excluding hydrogens is 334 g/mol. The minimum Gasteiger partial charge on any atom is -0.312 e. The molecule has 1 N–H and O–H groups in total. The highest BCUT2D eigenvalue weighted by molar-refractivity contribution is 9.10. The summed E-state index contributed by atoms with van der Waals surface area (Å²) in [5, 5.41) is 7.73. The first-order chi connectivity index (χ1) is 9.41. The summed E-state index contributed by atoms with van der Waals surface area (Å²) < 4.78 is 5.27. The Balaban J connectivity index is 2.27. The molecule has 20 heavy (non-hydrogen) atoms. The summed E-state index contributed by atoms with van der Waals surface area (Å²) >= 11 is 5.02. The van der Waals surface area contributed by atoms with E-state index in [9.17, 15) is 0 Å². The molecule has 1 unspecified atom stereocenters. The van der Waals surface area contributed by atoms with Gasteiger partial charge in [0.15, 0.2) is 0 Å². The molecule has 0 amide bonds. The zero-order valence-electron chi connectivity index (χ0n) is 12.3. The lowest BCUT2D eigenvalue weighted by molar-refractivity contribution is 0.530. The second-order valence-electron chi connectivity index (χ2n) is 5.91. The van der Waals surface area contributed by atoms with Gasteiger partial charge >= 0.3 is 0 Å². The highest BCUT2D eigenvalue weighted by atomic mass is 79.9. The van der Waals surface area contributed by atoms with Crippen LogP contribution >= 0.6 is 27.5 Å². The van der Waals surface area contributed by atoms with Gasteiger partial charge in [0.2, 0.25) is 0 Å². The fraction of sp³-hybridized carbons (Fsp3) is 0.467. The number of hydrogen-bond acceptors (Lipinski definition) is 4. The third-order valence-electron chi connectivity index (χ3n) is 3.22. The predicted molar refractivity (Wildman–Crippen MR) is 88.3 cm³/mol. The molecule has 0 bridgehead atoms. The second-order valence-corrected chi connectivity index (χ2v) is 7.61. The van der Waals surface area contributed by atoms with Crippen molar-refractivity contribution in [3.05, 3.63) is 44.9 Å². The van der Waals surface area contributed by atoms with Crippen molar-refractivity contribution >= 4 is 27.5 Å². The topological polar surface area (TPSA) is 37.8 Å². The molecule has 0 aliphatic heterocycles. The van der Waals surface area contributed by atoms with Crippen molar-refractivity contribution in [2.45, 2.75) is 38.6 Å². The first-order valence-electron chi connectivity index (χ1n) is 6.66. The molecule has 1 aromatic carbocycles. The fourth-order valence-corrected chi connectivity index (χ4v) is 3.59. The van der Waals surface area contributed by atoms with Gasteiger partial charge in [-0.1, -0.05) is 53.3 Å². The maximum Gasteiger partial charge on any atom is 0.0857 e. The summed E-state index contributed by atoms with van der Waals surface area (Å²) in [5.41, 5.74) is 2.41. The zero-order chi connectivity index (χ0) is 14.8. The Morgan fingerprint density at radius 3 is 2.70 bits per heavy atom. The molecule has 0 aliphatic rings. The number of benzene rings is 1. The summed E-state index contributed by atoms with van der Waals surface area (Å²) in [6.45, 7) is 6.54. The molecule has 108 valence electrons. The maximum absolute atomic E-state index is 4.33. The van der Waals surface area contributed by atoms with E-state index in [4.69, 9.17) is 0 Å². The van der Waals surface area contributed by atoms with Crippen LogP contribution in [0.2, 0.25) is 0 Å². The summed E-state index contributed by atoms with van der Waals surface area (Å²) in [6.07, 6.45) is 0.933. The Hall–Kier alpha value is -0.780. The SMILES string of the molecule is CNC(Cc1cccc(Br)c1)c1snnc1C(C)(C)C. The first kappa shape index (κ1) is 15.6. The van der Waals surface area contributed by atoms with Gasteiger partial charge in [-0.25, -0.2) is 0 Å². The number of nitrogens with one attached hydrogen (secondary N) is 1. The smallest absolute Gasteiger partial charge is 0.0857 e. The lowest BCUT2D eigenvalue weighted by Crippen LogP contribution is -2.23. The monoisotopic (exact) mass is 353 g/mol. The van der Waals surface area contributed by atoms with E-state index in [0.717, 1.165) is 16.6 Å². The molecule has 1 aromatic heterocycles. The summed E-state index contributed by atoms with van der Waals surface area (Å²) in [7, 11) is 1.99. The van der Waals surface area contributed by atoms with Crippen molar-refractivity contribution in [3.8, 4) is 0 Å². The zero-order valence-corrected chi connectivity index (χ0v) is 14.7. The molecule has 2 aromatic rings. The van der Waals surface area contributed by atoms with Gasteiger partial charge in [0.1, 0.15) is 0 Å². The molecule has 1 heterocycles. The van der Waals surface area contributed by atoms with E-state index in [1.807, 2.05) is 13.1 Å². The minimum absolute atomic E-state index is 0.0225. The number of likely N-dealkylation sites (N-methyl/N-ethyl adjacent to an activating group) is 1. The average molecular weight is 354 g/mol. The van der Waals surface area contributed by atoms with Crippen LogP contribution < -0.4 is 5.32 Å². The number of aromatic nitrogens is 2. The molecule has 1 atom stereocenters. The minimum atomic E-state index is 0.0225. The Kier molecular flexibility index (Phi) is 4.94. The van der Waals surface area contributed by atoms with Gasteiger partial charge in [-0.3, -0.25) is 0 Å². The summed E-state index contributed by atoms with van der Waals surface area (Å²) in [4.78, 5) is 1.24. The third kappa shape index (κ3) is 3.65. The van der Waals surface area contributed by atoms with Gasteiger partial charge in [-0.05, 0) is 42.7 Å². The fourth-order valence-electron chi connectivity index (χ4n) is 2.17. The van der Waals surface area contributed by atoms with Crippen molar-refractivity contribution in [1.29, 1.82) is 0 Å². The van der Waals surface area contributed by atoms with Crippen molar-refractivity contribution in [1.82, 2.24) is 14.9 Å². The Morgan fingerprint density at radius 2 is 2.10 bits per heavy atom. The highest BCUT2D eigenvalue weighted by Gasteiger charge is 2.26. The predicted octanol–water partition coefficient (Wildman–Crippen LogP) is 4.10. The van der Waals surface area contributed by atoms with E-state index in [2.05, 4.69) is 69.8 Å². The van der Waals surface area contributed by atoms with E-state index in [1.165, 1.54) is 22.0 Å². The maximum atomic E-state index is 4.33. The van der Waals surface area contributed by atoms with Crippen molar-refractivity contribution in [2.24, 2.45) is 0 Å². The Bertz CT molecular complexity index is 574. The molecule has 0 radical (unpaired) electrons. The van der Waals surface area contributed by atoms with Crippen LogP contribution in [0.25, 0.3) is 0 Å². The molecule has 0 saturated heterocycles. The van der Waals surface area contributed by atoms with Crippen molar-refractivity contribution < 1.29 is 0 Å². The van der Waals surface area contributed by atoms with Crippen LogP contribution in [0, 0.1) is 0 Å². The lowest BCUT2D eigenvalue weighted by atomic mass is 9.89. The number of rotatable bonds is 4. The van der Waals surface area contributed by atoms with E-state index in [-0.39, 0.29) is 11.5 Å². The molecular formula is C15H20BrN3S. The summed E-state index contributed by atoms with van der Waals surface area (Å²) in [5.74, 6) is 0. The van der Waals surface area contributed by atoms with E-state index >= 15 is 0 Å².